The summed E-state index contributed by atoms with van der Waals surface area (Å²) in [5.41, 5.74) is 3.39. The monoisotopic (exact) mass is 372 g/mol. The molecule has 0 spiro atoms. The molecule has 2 amide bonds. The molecule has 4 nitrogen and oxygen atoms in total. The lowest BCUT2D eigenvalue weighted by atomic mass is 10.0. The Morgan fingerprint density at radius 2 is 1.93 bits per heavy atom. The molecular weight excluding hydrogens is 350 g/mol. The van der Waals surface area contributed by atoms with E-state index in [-0.39, 0.29) is 18.2 Å². The van der Waals surface area contributed by atoms with Crippen LogP contribution in [0.4, 0.5) is 14.5 Å². The summed E-state index contributed by atoms with van der Waals surface area (Å²) < 4.78 is 26.5. The van der Waals surface area contributed by atoms with Gasteiger partial charge in [0.15, 0.2) is 11.6 Å². The summed E-state index contributed by atoms with van der Waals surface area (Å²) in [6, 6.07) is 8.81. The molecule has 1 N–H and O–H groups in total. The highest BCUT2D eigenvalue weighted by Crippen LogP contribution is 2.30. The summed E-state index contributed by atoms with van der Waals surface area (Å²) in [6.45, 7) is 5.94. The Hall–Kier alpha value is -2.76. The molecule has 0 saturated carbocycles. The van der Waals surface area contributed by atoms with E-state index in [4.69, 9.17) is 0 Å². The molecule has 1 heterocycles. The smallest absolute Gasteiger partial charge is 0.227 e. The molecule has 0 radical (unpaired) electrons. The maximum absolute atomic E-state index is 13.4. The molecule has 0 bridgehead atoms. The van der Waals surface area contributed by atoms with Crippen LogP contribution in [0.15, 0.2) is 36.4 Å². The molecule has 2 atom stereocenters. The number of nitrogens with zero attached hydrogens (tertiary/aromatic N) is 1. The van der Waals surface area contributed by atoms with Gasteiger partial charge in [0.1, 0.15) is 0 Å². The topological polar surface area (TPSA) is 49.4 Å². The number of halogens is 2. The maximum Gasteiger partial charge on any atom is 0.227 e. The van der Waals surface area contributed by atoms with Crippen molar-refractivity contribution in [3.63, 3.8) is 0 Å². The van der Waals surface area contributed by atoms with Crippen LogP contribution < -0.4 is 10.2 Å². The summed E-state index contributed by atoms with van der Waals surface area (Å²) in [6.07, 6.45) is 0.129. The quantitative estimate of drug-likeness (QED) is 0.887. The van der Waals surface area contributed by atoms with Crippen molar-refractivity contribution in [2.45, 2.75) is 33.2 Å². The number of hydrogen-bond donors (Lipinski definition) is 1. The molecular formula is C21H22F2N2O2. The van der Waals surface area contributed by atoms with Crippen molar-refractivity contribution in [2.24, 2.45) is 5.92 Å². The molecule has 27 heavy (non-hydrogen) atoms. The molecule has 1 aliphatic heterocycles. The predicted molar refractivity (Wildman–Crippen MR) is 99.3 cm³/mol. The van der Waals surface area contributed by atoms with Crippen molar-refractivity contribution in [1.82, 2.24) is 5.32 Å². The fourth-order valence-electron chi connectivity index (χ4n) is 3.34. The van der Waals surface area contributed by atoms with Gasteiger partial charge in [0.2, 0.25) is 11.8 Å². The molecule has 2 aromatic carbocycles. The SMILES string of the molecule is Cc1cccc(N2CC(C(=O)NC(C)c3ccc(F)c(F)c3)CC2=O)c1C. The molecule has 2 unspecified atom stereocenters. The van der Waals surface area contributed by atoms with Gasteiger partial charge in [-0.3, -0.25) is 9.59 Å². The number of benzene rings is 2. The third-order valence-electron chi connectivity index (χ3n) is 5.17. The molecule has 1 fully saturated rings. The van der Waals surface area contributed by atoms with Crippen LogP contribution in [0, 0.1) is 31.4 Å². The number of nitrogens with one attached hydrogen (secondary N) is 1. The third kappa shape index (κ3) is 3.84. The number of aryl methyl sites for hydroxylation is 1. The Labute approximate surface area is 157 Å². The summed E-state index contributed by atoms with van der Waals surface area (Å²) in [4.78, 5) is 26.7. The van der Waals surface area contributed by atoms with Crippen LogP contribution in [0.2, 0.25) is 0 Å². The number of rotatable bonds is 4. The first-order valence-corrected chi connectivity index (χ1v) is 8.90. The van der Waals surface area contributed by atoms with Gasteiger partial charge in [0, 0.05) is 18.7 Å². The molecule has 0 aliphatic carbocycles. The minimum atomic E-state index is -0.953. The normalized spacial score (nSPS) is 17.9. The van der Waals surface area contributed by atoms with E-state index in [1.54, 1.807) is 11.8 Å². The van der Waals surface area contributed by atoms with E-state index in [1.807, 2.05) is 32.0 Å². The average molecular weight is 372 g/mol. The van der Waals surface area contributed by atoms with Gasteiger partial charge in [0.25, 0.3) is 0 Å². The zero-order valence-corrected chi connectivity index (χ0v) is 15.6. The lowest BCUT2D eigenvalue weighted by Crippen LogP contribution is -2.34. The van der Waals surface area contributed by atoms with E-state index in [1.165, 1.54) is 6.07 Å². The lowest BCUT2D eigenvalue weighted by Gasteiger charge is -2.21. The van der Waals surface area contributed by atoms with Crippen molar-refractivity contribution < 1.29 is 18.4 Å². The number of carbonyl (C=O) groups excluding carboxylic acids is 2. The van der Waals surface area contributed by atoms with Gasteiger partial charge in [-0.1, -0.05) is 18.2 Å². The van der Waals surface area contributed by atoms with Gasteiger partial charge in [-0.15, -0.1) is 0 Å². The van der Waals surface area contributed by atoms with Gasteiger partial charge in [-0.05, 0) is 55.7 Å². The largest absolute Gasteiger partial charge is 0.349 e. The number of carbonyl (C=O) groups is 2. The van der Waals surface area contributed by atoms with E-state index in [0.29, 0.717) is 12.1 Å². The Morgan fingerprint density at radius 1 is 1.19 bits per heavy atom. The third-order valence-corrected chi connectivity index (χ3v) is 5.17. The number of anilines is 1. The highest BCUT2D eigenvalue weighted by molar-refractivity contribution is 6.01. The van der Waals surface area contributed by atoms with Gasteiger partial charge in [-0.2, -0.15) is 0 Å². The Balaban J connectivity index is 1.70. The standard InChI is InChI=1S/C21H22F2N2O2/c1-12-5-4-6-19(13(12)2)25-11-16(10-20(25)26)21(27)24-14(3)15-7-8-17(22)18(23)9-15/h4-9,14,16H,10-11H2,1-3H3,(H,24,27). The van der Waals surface area contributed by atoms with Crippen LogP contribution in [-0.2, 0) is 9.59 Å². The van der Waals surface area contributed by atoms with Crippen molar-refractivity contribution in [3.05, 3.63) is 64.7 Å². The van der Waals surface area contributed by atoms with Crippen LogP contribution in [-0.4, -0.2) is 18.4 Å². The molecule has 142 valence electrons. The minimum Gasteiger partial charge on any atom is -0.349 e. The maximum atomic E-state index is 13.4. The lowest BCUT2D eigenvalue weighted by molar-refractivity contribution is -0.126. The van der Waals surface area contributed by atoms with Crippen molar-refractivity contribution in [3.8, 4) is 0 Å². The minimum absolute atomic E-state index is 0.0932. The molecule has 1 saturated heterocycles. The first kappa shape index (κ1) is 19.0. The van der Waals surface area contributed by atoms with Gasteiger partial charge >= 0.3 is 0 Å². The zero-order valence-electron chi connectivity index (χ0n) is 15.6. The van der Waals surface area contributed by atoms with Crippen molar-refractivity contribution >= 4 is 17.5 Å². The summed E-state index contributed by atoms with van der Waals surface area (Å²) >= 11 is 0. The zero-order chi connectivity index (χ0) is 19.7. The van der Waals surface area contributed by atoms with Crippen LogP contribution in [0.25, 0.3) is 0 Å². The first-order valence-electron chi connectivity index (χ1n) is 8.90. The van der Waals surface area contributed by atoms with Crippen LogP contribution in [0.5, 0.6) is 0 Å². The number of hydrogen-bond acceptors (Lipinski definition) is 2. The van der Waals surface area contributed by atoms with Crippen molar-refractivity contribution in [1.29, 1.82) is 0 Å². The Morgan fingerprint density at radius 3 is 2.63 bits per heavy atom. The average Bonchev–Trinajstić information content (AvgIpc) is 3.01. The summed E-state index contributed by atoms with van der Waals surface area (Å²) in [5, 5.41) is 2.80. The van der Waals surface area contributed by atoms with Gasteiger partial charge in [0.05, 0.1) is 12.0 Å². The van der Waals surface area contributed by atoms with E-state index in [9.17, 15) is 18.4 Å². The molecule has 6 heteroatoms. The highest BCUT2D eigenvalue weighted by Gasteiger charge is 2.36. The summed E-state index contributed by atoms with van der Waals surface area (Å²) in [5.74, 6) is -2.73. The number of amides is 2. The van der Waals surface area contributed by atoms with E-state index >= 15 is 0 Å². The summed E-state index contributed by atoms with van der Waals surface area (Å²) in [7, 11) is 0. The second-order valence-corrected chi connectivity index (χ2v) is 7.03. The fourth-order valence-corrected chi connectivity index (χ4v) is 3.34. The highest BCUT2D eigenvalue weighted by atomic mass is 19.2. The molecule has 2 aromatic rings. The molecule has 0 aromatic heterocycles. The van der Waals surface area contributed by atoms with Gasteiger partial charge < -0.3 is 10.2 Å². The Kier molecular flexibility index (Phi) is 5.26. The first-order chi connectivity index (χ1) is 12.8. The van der Waals surface area contributed by atoms with Crippen molar-refractivity contribution in [2.75, 3.05) is 11.4 Å². The van der Waals surface area contributed by atoms with E-state index < -0.39 is 23.6 Å². The predicted octanol–water partition coefficient (Wildman–Crippen LogP) is 3.81. The van der Waals surface area contributed by atoms with Crippen LogP contribution in [0.1, 0.15) is 36.1 Å². The van der Waals surface area contributed by atoms with E-state index in [0.717, 1.165) is 28.9 Å². The fraction of sp³-hybridized carbons (Fsp3) is 0.333. The second kappa shape index (κ2) is 7.47. The molecule has 3 rings (SSSR count). The van der Waals surface area contributed by atoms with E-state index in [2.05, 4.69) is 5.32 Å². The van der Waals surface area contributed by atoms with Gasteiger partial charge in [-0.25, -0.2) is 8.78 Å². The van der Waals surface area contributed by atoms with Crippen LogP contribution >= 0.6 is 0 Å². The van der Waals surface area contributed by atoms with Crippen LogP contribution in [0.3, 0.4) is 0 Å². The second-order valence-electron chi connectivity index (χ2n) is 7.03. The Bertz CT molecular complexity index is 898. The molecule has 1 aliphatic rings.